The summed E-state index contributed by atoms with van der Waals surface area (Å²) in [5.74, 6) is 0. The Morgan fingerprint density at radius 1 is 1.10 bits per heavy atom. The third-order valence-corrected chi connectivity index (χ3v) is 4.21. The number of hydrogen-bond acceptors (Lipinski definition) is 2. The summed E-state index contributed by atoms with van der Waals surface area (Å²) >= 11 is 0. The molecule has 0 saturated carbocycles. The average Bonchev–Trinajstić information content (AvgIpc) is 2.50. The number of hydrogen-bond donors (Lipinski definition) is 0. The standard InChI is InChI=1S/C18H22N2/c1-15-8-7-12-19-18(15)17-11-5-6-13-20(17)14-16-9-3-2-4-10-16/h2-4,7-10,12,17H,5-6,11,13-14H2,1H3/t17-/m1/s1. The summed E-state index contributed by atoms with van der Waals surface area (Å²) < 4.78 is 0. The lowest BCUT2D eigenvalue weighted by Crippen LogP contribution is -2.33. The van der Waals surface area contributed by atoms with Gasteiger partial charge in [0, 0.05) is 12.7 Å². The topological polar surface area (TPSA) is 16.1 Å². The highest BCUT2D eigenvalue weighted by atomic mass is 15.2. The lowest BCUT2D eigenvalue weighted by Gasteiger charge is -2.36. The van der Waals surface area contributed by atoms with E-state index in [1.54, 1.807) is 0 Å². The highest BCUT2D eigenvalue weighted by molar-refractivity contribution is 5.22. The van der Waals surface area contributed by atoms with Crippen LogP contribution in [-0.4, -0.2) is 16.4 Å². The minimum absolute atomic E-state index is 0.477. The van der Waals surface area contributed by atoms with E-state index in [1.807, 2.05) is 12.3 Å². The van der Waals surface area contributed by atoms with E-state index in [9.17, 15) is 0 Å². The summed E-state index contributed by atoms with van der Waals surface area (Å²) in [4.78, 5) is 7.24. The number of pyridine rings is 1. The fourth-order valence-corrected chi connectivity index (χ4v) is 3.15. The highest BCUT2D eigenvalue weighted by Crippen LogP contribution is 2.32. The molecule has 1 atom stereocenters. The minimum Gasteiger partial charge on any atom is -0.291 e. The van der Waals surface area contributed by atoms with Crippen LogP contribution in [0.4, 0.5) is 0 Å². The molecule has 1 fully saturated rings. The van der Waals surface area contributed by atoms with Crippen LogP contribution in [0.5, 0.6) is 0 Å². The van der Waals surface area contributed by atoms with Crippen LogP contribution in [0.15, 0.2) is 48.7 Å². The second-order valence-corrected chi connectivity index (χ2v) is 5.67. The van der Waals surface area contributed by atoms with Crippen LogP contribution in [0.2, 0.25) is 0 Å². The van der Waals surface area contributed by atoms with Crippen molar-refractivity contribution in [3.05, 3.63) is 65.5 Å². The molecule has 2 nitrogen and oxygen atoms in total. The highest BCUT2D eigenvalue weighted by Gasteiger charge is 2.25. The van der Waals surface area contributed by atoms with Crippen molar-refractivity contribution >= 4 is 0 Å². The van der Waals surface area contributed by atoms with Gasteiger partial charge in [0.05, 0.1) is 11.7 Å². The Bertz CT molecular complexity index is 550. The van der Waals surface area contributed by atoms with E-state index in [2.05, 4.69) is 53.2 Å². The number of aromatic nitrogens is 1. The fraction of sp³-hybridized carbons (Fsp3) is 0.389. The molecule has 1 aromatic heterocycles. The molecule has 104 valence electrons. The molecule has 0 bridgehead atoms. The van der Waals surface area contributed by atoms with Gasteiger partial charge in [-0.05, 0) is 43.5 Å². The Morgan fingerprint density at radius 3 is 2.75 bits per heavy atom. The molecule has 2 heteroatoms. The quantitative estimate of drug-likeness (QED) is 0.831. The maximum absolute atomic E-state index is 4.65. The van der Waals surface area contributed by atoms with E-state index in [1.165, 1.54) is 42.6 Å². The van der Waals surface area contributed by atoms with Gasteiger partial charge in [-0.25, -0.2) is 0 Å². The van der Waals surface area contributed by atoms with Crippen molar-refractivity contribution in [3.63, 3.8) is 0 Å². The maximum Gasteiger partial charge on any atom is 0.0604 e. The number of benzene rings is 1. The van der Waals surface area contributed by atoms with Crippen LogP contribution in [0.25, 0.3) is 0 Å². The molecule has 2 heterocycles. The van der Waals surface area contributed by atoms with Crippen LogP contribution in [-0.2, 0) is 6.54 Å². The molecule has 0 radical (unpaired) electrons. The Hall–Kier alpha value is -1.67. The summed E-state index contributed by atoms with van der Waals surface area (Å²) in [5.41, 5.74) is 3.98. The van der Waals surface area contributed by atoms with Crippen LogP contribution in [0.1, 0.15) is 42.1 Å². The average molecular weight is 266 g/mol. The minimum atomic E-state index is 0.477. The summed E-state index contributed by atoms with van der Waals surface area (Å²) in [6.45, 7) is 4.38. The predicted octanol–water partition coefficient (Wildman–Crippen LogP) is 4.12. The number of rotatable bonds is 3. The Kier molecular flexibility index (Phi) is 4.12. The molecule has 0 unspecified atom stereocenters. The van der Waals surface area contributed by atoms with Gasteiger partial charge in [-0.15, -0.1) is 0 Å². The predicted molar refractivity (Wildman–Crippen MR) is 82.4 cm³/mol. The van der Waals surface area contributed by atoms with E-state index in [4.69, 9.17) is 0 Å². The summed E-state index contributed by atoms with van der Waals surface area (Å²) in [6.07, 6.45) is 5.77. The van der Waals surface area contributed by atoms with Gasteiger partial charge in [0.15, 0.2) is 0 Å². The van der Waals surface area contributed by atoms with Crippen molar-refractivity contribution in [2.45, 2.75) is 38.8 Å². The van der Waals surface area contributed by atoms with Crippen LogP contribution in [0, 0.1) is 6.92 Å². The third kappa shape index (κ3) is 2.91. The maximum atomic E-state index is 4.65. The van der Waals surface area contributed by atoms with Gasteiger partial charge in [-0.2, -0.15) is 0 Å². The molecular formula is C18H22N2. The van der Waals surface area contributed by atoms with Crippen LogP contribution in [0.3, 0.4) is 0 Å². The normalized spacial score (nSPS) is 19.9. The lowest BCUT2D eigenvalue weighted by atomic mass is 9.96. The van der Waals surface area contributed by atoms with E-state index < -0.39 is 0 Å². The molecular weight excluding hydrogens is 244 g/mol. The van der Waals surface area contributed by atoms with E-state index in [0.717, 1.165) is 6.54 Å². The zero-order valence-corrected chi connectivity index (χ0v) is 12.1. The SMILES string of the molecule is Cc1cccnc1[C@H]1CCCCN1Cc1ccccc1. The molecule has 0 aliphatic carbocycles. The summed E-state index contributed by atoms with van der Waals surface area (Å²) in [7, 11) is 0. The molecule has 3 rings (SSSR count). The van der Waals surface area contributed by atoms with E-state index in [0.29, 0.717) is 6.04 Å². The molecule has 0 spiro atoms. The van der Waals surface area contributed by atoms with Gasteiger partial charge >= 0.3 is 0 Å². The smallest absolute Gasteiger partial charge is 0.0604 e. The van der Waals surface area contributed by atoms with Crippen molar-refractivity contribution in [2.75, 3.05) is 6.54 Å². The molecule has 0 amide bonds. The summed E-state index contributed by atoms with van der Waals surface area (Å²) in [5, 5.41) is 0. The van der Waals surface area contributed by atoms with Gasteiger partial charge in [0.2, 0.25) is 0 Å². The van der Waals surface area contributed by atoms with Crippen LogP contribution < -0.4 is 0 Å². The first-order valence-electron chi connectivity index (χ1n) is 7.54. The van der Waals surface area contributed by atoms with Crippen molar-refractivity contribution in [1.82, 2.24) is 9.88 Å². The van der Waals surface area contributed by atoms with Gasteiger partial charge in [0.1, 0.15) is 0 Å². The molecule has 0 N–H and O–H groups in total. The Balaban J connectivity index is 1.83. The van der Waals surface area contributed by atoms with Crippen molar-refractivity contribution < 1.29 is 0 Å². The van der Waals surface area contributed by atoms with Crippen molar-refractivity contribution in [3.8, 4) is 0 Å². The van der Waals surface area contributed by atoms with E-state index >= 15 is 0 Å². The van der Waals surface area contributed by atoms with Crippen LogP contribution >= 0.6 is 0 Å². The van der Waals surface area contributed by atoms with Crippen molar-refractivity contribution in [1.29, 1.82) is 0 Å². The molecule has 1 aliphatic rings. The summed E-state index contributed by atoms with van der Waals surface area (Å²) in [6, 6.07) is 15.5. The zero-order chi connectivity index (χ0) is 13.8. The fourth-order valence-electron chi connectivity index (χ4n) is 3.15. The second-order valence-electron chi connectivity index (χ2n) is 5.67. The first kappa shape index (κ1) is 13.3. The molecule has 2 aromatic rings. The second kappa shape index (κ2) is 6.19. The van der Waals surface area contributed by atoms with Crippen molar-refractivity contribution in [2.24, 2.45) is 0 Å². The number of likely N-dealkylation sites (tertiary alicyclic amines) is 1. The molecule has 20 heavy (non-hydrogen) atoms. The molecule has 1 aliphatic heterocycles. The number of nitrogens with zero attached hydrogens (tertiary/aromatic N) is 2. The molecule has 1 saturated heterocycles. The lowest BCUT2D eigenvalue weighted by molar-refractivity contribution is 0.137. The first-order chi connectivity index (χ1) is 9.84. The monoisotopic (exact) mass is 266 g/mol. The third-order valence-electron chi connectivity index (χ3n) is 4.21. The van der Waals surface area contributed by atoms with Gasteiger partial charge in [-0.3, -0.25) is 9.88 Å². The Labute approximate surface area is 121 Å². The largest absolute Gasteiger partial charge is 0.291 e. The first-order valence-corrected chi connectivity index (χ1v) is 7.54. The Morgan fingerprint density at radius 2 is 1.95 bits per heavy atom. The van der Waals surface area contributed by atoms with Gasteiger partial charge < -0.3 is 0 Å². The zero-order valence-electron chi connectivity index (χ0n) is 12.1. The van der Waals surface area contributed by atoms with Gasteiger partial charge in [-0.1, -0.05) is 42.8 Å². The number of aryl methyl sites for hydroxylation is 1. The van der Waals surface area contributed by atoms with E-state index in [-0.39, 0.29) is 0 Å². The molecule has 1 aromatic carbocycles. The number of piperidine rings is 1. The van der Waals surface area contributed by atoms with Gasteiger partial charge in [0.25, 0.3) is 0 Å².